The number of hydrogen-bond donors (Lipinski definition) is 0. The fourth-order valence-corrected chi connectivity index (χ4v) is 3.70. The van der Waals surface area contributed by atoms with Crippen molar-refractivity contribution in [1.82, 2.24) is 9.88 Å². The van der Waals surface area contributed by atoms with E-state index in [9.17, 15) is 4.79 Å². The molecule has 0 saturated heterocycles. The minimum Gasteiger partial charge on any atom is -0.464 e. The lowest BCUT2D eigenvalue weighted by Crippen LogP contribution is -2.28. The maximum atomic E-state index is 13.1. The zero-order valence-electron chi connectivity index (χ0n) is 17.0. The van der Waals surface area contributed by atoms with Crippen molar-refractivity contribution in [2.75, 3.05) is 7.05 Å². The lowest BCUT2D eigenvalue weighted by molar-refractivity contribution is -0.129. The van der Waals surface area contributed by atoms with Crippen LogP contribution in [0.5, 0.6) is 0 Å². The average molecular weight is 384 g/mol. The summed E-state index contributed by atoms with van der Waals surface area (Å²) in [5.41, 5.74) is 4.99. The third-order valence-corrected chi connectivity index (χ3v) is 5.21. The summed E-state index contributed by atoms with van der Waals surface area (Å²) >= 11 is 0. The Labute approximate surface area is 170 Å². The molecule has 0 radical (unpaired) electrons. The van der Waals surface area contributed by atoms with Crippen LogP contribution in [0.2, 0.25) is 0 Å². The van der Waals surface area contributed by atoms with E-state index in [1.165, 1.54) is 0 Å². The Kier molecular flexibility index (Phi) is 5.17. The summed E-state index contributed by atoms with van der Waals surface area (Å²) < 4.78 is 5.62. The van der Waals surface area contributed by atoms with Gasteiger partial charge in [-0.1, -0.05) is 48.5 Å². The number of likely N-dealkylation sites (N-methyl/N-ethyl adjacent to an activating group) is 1. The molecule has 0 spiro atoms. The first-order valence-electron chi connectivity index (χ1n) is 9.76. The first kappa shape index (κ1) is 18.9. The van der Waals surface area contributed by atoms with Gasteiger partial charge in [0, 0.05) is 18.1 Å². The van der Waals surface area contributed by atoms with Gasteiger partial charge in [0.05, 0.1) is 18.5 Å². The second kappa shape index (κ2) is 7.92. The van der Waals surface area contributed by atoms with E-state index in [1.54, 1.807) is 4.90 Å². The van der Waals surface area contributed by atoms with Gasteiger partial charge in [-0.2, -0.15) is 0 Å². The number of carbonyl (C=O) groups excluding carboxylic acids is 1. The topological polar surface area (TPSA) is 46.3 Å². The monoisotopic (exact) mass is 384 g/mol. The van der Waals surface area contributed by atoms with Crippen LogP contribution < -0.4 is 0 Å². The Morgan fingerprint density at radius 3 is 2.41 bits per heavy atom. The molecule has 0 saturated carbocycles. The second-order valence-electron chi connectivity index (χ2n) is 7.37. The second-order valence-corrected chi connectivity index (χ2v) is 7.37. The third-order valence-electron chi connectivity index (χ3n) is 5.21. The molecule has 0 N–H and O–H groups in total. The van der Waals surface area contributed by atoms with Gasteiger partial charge in [-0.25, -0.2) is 0 Å². The van der Waals surface area contributed by atoms with Crippen molar-refractivity contribution >= 4 is 16.8 Å². The SMILES string of the molecule is Cc1ccc(CN(C)C(=O)Cc2c(C)nc3ccccc3c2-c2ccccc2)o1. The minimum absolute atomic E-state index is 0.0383. The fourth-order valence-electron chi connectivity index (χ4n) is 3.70. The number of nitrogens with zero attached hydrogens (tertiary/aromatic N) is 2. The fraction of sp³-hybridized carbons (Fsp3) is 0.200. The van der Waals surface area contributed by atoms with Crippen LogP contribution in [0.4, 0.5) is 0 Å². The summed E-state index contributed by atoms with van der Waals surface area (Å²) in [6.45, 7) is 4.34. The van der Waals surface area contributed by atoms with Crippen molar-refractivity contribution in [2.24, 2.45) is 0 Å². The van der Waals surface area contributed by atoms with E-state index >= 15 is 0 Å². The van der Waals surface area contributed by atoms with E-state index in [2.05, 4.69) is 18.2 Å². The average Bonchev–Trinajstić information content (AvgIpc) is 3.13. The maximum absolute atomic E-state index is 13.1. The van der Waals surface area contributed by atoms with Crippen molar-refractivity contribution in [1.29, 1.82) is 0 Å². The third kappa shape index (κ3) is 3.92. The van der Waals surface area contributed by atoms with Gasteiger partial charge in [0.1, 0.15) is 11.5 Å². The Morgan fingerprint density at radius 1 is 0.966 bits per heavy atom. The molecule has 0 unspecified atom stereocenters. The number of rotatable bonds is 5. The van der Waals surface area contributed by atoms with Gasteiger partial charge in [0.2, 0.25) is 5.91 Å². The van der Waals surface area contributed by atoms with Crippen LogP contribution in [0.3, 0.4) is 0 Å². The molecule has 0 fully saturated rings. The van der Waals surface area contributed by atoms with Crippen LogP contribution in [0.1, 0.15) is 22.8 Å². The summed E-state index contributed by atoms with van der Waals surface area (Å²) in [6.07, 6.45) is 0.296. The highest BCUT2D eigenvalue weighted by atomic mass is 16.3. The number of carbonyl (C=O) groups is 1. The molecular formula is C25H24N2O2. The van der Waals surface area contributed by atoms with E-state index in [0.29, 0.717) is 13.0 Å². The van der Waals surface area contributed by atoms with Crippen molar-refractivity contribution in [3.8, 4) is 11.1 Å². The van der Waals surface area contributed by atoms with E-state index in [4.69, 9.17) is 9.40 Å². The van der Waals surface area contributed by atoms with Gasteiger partial charge >= 0.3 is 0 Å². The van der Waals surface area contributed by atoms with E-state index in [1.807, 2.05) is 69.4 Å². The van der Waals surface area contributed by atoms with Gasteiger partial charge in [-0.15, -0.1) is 0 Å². The van der Waals surface area contributed by atoms with Crippen LogP contribution in [-0.2, 0) is 17.8 Å². The molecule has 0 atom stereocenters. The minimum atomic E-state index is 0.0383. The number of hydrogen-bond acceptors (Lipinski definition) is 3. The molecule has 146 valence electrons. The zero-order valence-corrected chi connectivity index (χ0v) is 17.0. The molecular weight excluding hydrogens is 360 g/mol. The predicted octanol–water partition coefficient (Wildman–Crippen LogP) is 5.31. The van der Waals surface area contributed by atoms with Gasteiger partial charge in [0.25, 0.3) is 0 Å². The predicted molar refractivity (Wildman–Crippen MR) is 116 cm³/mol. The normalized spacial score (nSPS) is 11.0. The molecule has 0 aliphatic rings. The Bertz CT molecular complexity index is 1160. The molecule has 4 nitrogen and oxygen atoms in total. The Morgan fingerprint density at radius 2 is 1.69 bits per heavy atom. The Balaban J connectivity index is 1.73. The summed E-state index contributed by atoms with van der Waals surface area (Å²) in [5, 5.41) is 1.07. The Hall–Kier alpha value is -3.40. The summed E-state index contributed by atoms with van der Waals surface area (Å²) in [4.78, 5) is 19.5. The van der Waals surface area contributed by atoms with Crippen LogP contribution in [-0.4, -0.2) is 22.8 Å². The highest BCUT2D eigenvalue weighted by Gasteiger charge is 2.19. The first-order chi connectivity index (χ1) is 14.0. The quantitative estimate of drug-likeness (QED) is 0.468. The molecule has 29 heavy (non-hydrogen) atoms. The molecule has 4 aromatic rings. The van der Waals surface area contributed by atoms with Gasteiger partial charge in [0.15, 0.2) is 0 Å². The zero-order chi connectivity index (χ0) is 20.4. The molecule has 4 rings (SSSR count). The van der Waals surface area contributed by atoms with Crippen LogP contribution in [0, 0.1) is 13.8 Å². The number of aryl methyl sites for hydroxylation is 2. The van der Waals surface area contributed by atoms with Gasteiger partial charge < -0.3 is 9.32 Å². The lowest BCUT2D eigenvalue weighted by atomic mass is 9.92. The standard InChI is InChI=1S/C25H24N2O2/c1-17-13-14-20(29-17)16-27(3)24(28)15-22-18(2)26-23-12-8-7-11-21(23)25(22)19-9-5-4-6-10-19/h4-14H,15-16H2,1-3H3. The lowest BCUT2D eigenvalue weighted by Gasteiger charge is -2.19. The van der Waals surface area contributed by atoms with Gasteiger partial charge in [-0.05, 0) is 48.7 Å². The van der Waals surface area contributed by atoms with Crippen molar-refractivity contribution in [2.45, 2.75) is 26.8 Å². The number of fused-ring (bicyclic) bond motifs is 1. The molecule has 2 aromatic carbocycles. The number of para-hydroxylation sites is 1. The summed E-state index contributed by atoms with van der Waals surface area (Å²) in [6, 6.07) is 22.2. The largest absolute Gasteiger partial charge is 0.464 e. The van der Waals surface area contributed by atoms with E-state index in [0.717, 1.165) is 44.8 Å². The number of pyridine rings is 1. The van der Waals surface area contributed by atoms with Crippen LogP contribution >= 0.6 is 0 Å². The number of amides is 1. The van der Waals surface area contributed by atoms with Crippen molar-refractivity contribution < 1.29 is 9.21 Å². The molecule has 2 heterocycles. The number of aromatic nitrogens is 1. The highest BCUT2D eigenvalue weighted by Crippen LogP contribution is 2.33. The smallest absolute Gasteiger partial charge is 0.227 e. The molecule has 2 aromatic heterocycles. The van der Waals surface area contributed by atoms with Gasteiger partial charge in [-0.3, -0.25) is 9.78 Å². The molecule has 0 bridgehead atoms. The van der Waals surface area contributed by atoms with Crippen LogP contribution in [0.15, 0.2) is 71.1 Å². The molecule has 1 amide bonds. The van der Waals surface area contributed by atoms with Crippen LogP contribution in [0.25, 0.3) is 22.0 Å². The molecule has 4 heteroatoms. The molecule has 0 aliphatic heterocycles. The van der Waals surface area contributed by atoms with E-state index < -0.39 is 0 Å². The summed E-state index contributed by atoms with van der Waals surface area (Å²) in [5.74, 6) is 1.67. The first-order valence-corrected chi connectivity index (χ1v) is 9.76. The van der Waals surface area contributed by atoms with Crippen molar-refractivity contribution in [3.63, 3.8) is 0 Å². The number of furan rings is 1. The molecule has 0 aliphatic carbocycles. The number of benzene rings is 2. The highest BCUT2D eigenvalue weighted by molar-refractivity contribution is 5.98. The maximum Gasteiger partial charge on any atom is 0.227 e. The van der Waals surface area contributed by atoms with Crippen molar-refractivity contribution in [3.05, 3.63) is 89.5 Å². The van der Waals surface area contributed by atoms with E-state index in [-0.39, 0.29) is 5.91 Å². The summed E-state index contributed by atoms with van der Waals surface area (Å²) in [7, 11) is 1.81.